The van der Waals surface area contributed by atoms with E-state index in [1.54, 1.807) is 0 Å². The molecule has 7 aromatic rings. The number of hydrogen-bond donors (Lipinski definition) is 1. The van der Waals surface area contributed by atoms with Crippen molar-refractivity contribution in [3.05, 3.63) is 174 Å². The van der Waals surface area contributed by atoms with Crippen molar-refractivity contribution in [1.29, 1.82) is 0 Å². The average molecular weight is 678 g/mol. The Balaban J connectivity index is 1.06. The van der Waals surface area contributed by atoms with Gasteiger partial charge in [0, 0.05) is 48.5 Å². The van der Waals surface area contributed by atoms with Crippen LogP contribution < -0.4 is 5.32 Å². The zero-order valence-electron chi connectivity index (χ0n) is 30.0. The summed E-state index contributed by atoms with van der Waals surface area (Å²) in [6.07, 6.45) is 8.04. The van der Waals surface area contributed by atoms with Gasteiger partial charge in [-0.05, 0) is 86.2 Å². The lowest BCUT2D eigenvalue weighted by atomic mass is 9.81. The van der Waals surface area contributed by atoms with Crippen molar-refractivity contribution >= 4 is 37.2 Å². The van der Waals surface area contributed by atoms with Crippen LogP contribution in [0, 0.1) is 0 Å². The van der Waals surface area contributed by atoms with Gasteiger partial charge in [-0.1, -0.05) is 156 Å². The molecule has 2 heteroatoms. The Morgan fingerprint density at radius 2 is 1.33 bits per heavy atom. The van der Waals surface area contributed by atoms with Crippen LogP contribution in [0.25, 0.3) is 53.6 Å². The fourth-order valence-corrected chi connectivity index (χ4v) is 9.53. The number of rotatable bonds is 5. The van der Waals surface area contributed by atoms with Gasteiger partial charge < -0.3 is 5.32 Å². The molecule has 250 valence electrons. The van der Waals surface area contributed by atoms with Gasteiger partial charge >= 0.3 is 0 Å². The number of anilines is 1. The van der Waals surface area contributed by atoms with Crippen LogP contribution in [0.2, 0.25) is 0 Å². The molecular weight excluding hydrogens is 635 g/mol. The Kier molecular flexibility index (Phi) is 7.45. The van der Waals surface area contributed by atoms with E-state index >= 15 is 0 Å². The Morgan fingerprint density at radius 1 is 0.647 bits per heavy atom. The summed E-state index contributed by atoms with van der Waals surface area (Å²) in [5.74, 6) is 0.352. The molecule has 2 aliphatic carbocycles. The van der Waals surface area contributed by atoms with Crippen molar-refractivity contribution < 1.29 is 0 Å². The van der Waals surface area contributed by atoms with E-state index in [4.69, 9.17) is 0 Å². The highest BCUT2D eigenvalue weighted by Gasteiger charge is 2.36. The number of allylic oxidation sites excluding steroid dienone is 3. The summed E-state index contributed by atoms with van der Waals surface area (Å²) in [6, 6.07) is 47.6. The lowest BCUT2D eigenvalue weighted by Gasteiger charge is -2.24. The summed E-state index contributed by atoms with van der Waals surface area (Å²) >= 11 is 1.92. The maximum absolute atomic E-state index is 3.92. The molecule has 6 aromatic carbocycles. The second kappa shape index (κ2) is 12.0. The zero-order chi connectivity index (χ0) is 34.9. The number of fused-ring (bicyclic) bond motifs is 6. The van der Waals surface area contributed by atoms with Gasteiger partial charge in [0.25, 0.3) is 0 Å². The molecule has 1 atom stereocenters. The third-order valence-electron chi connectivity index (χ3n) is 11.2. The quantitative estimate of drug-likeness (QED) is 0.191. The molecule has 9 rings (SSSR count). The SMILES string of the molecule is CC(C)(C)c1ccc(-c2ccc(-c3cc4c(cc3NC3=CCC(c5cccc6c5sc5ccccc56)C=C3)C(C)(C)c3ccccc3-4)cc2)cc1. The third-order valence-corrected chi connectivity index (χ3v) is 12.5. The number of thiophene rings is 1. The molecule has 0 saturated heterocycles. The molecule has 0 aliphatic heterocycles. The molecule has 1 nitrogen and oxygen atoms in total. The van der Waals surface area contributed by atoms with E-state index in [1.165, 1.54) is 75.8 Å². The minimum Gasteiger partial charge on any atom is -0.355 e. The molecule has 2 aliphatic rings. The van der Waals surface area contributed by atoms with Crippen LogP contribution in [0.15, 0.2) is 151 Å². The van der Waals surface area contributed by atoms with E-state index in [0.717, 1.165) is 17.8 Å². The first-order chi connectivity index (χ1) is 24.6. The summed E-state index contributed by atoms with van der Waals surface area (Å²) in [5.41, 5.74) is 15.5. The number of benzene rings is 6. The molecule has 1 N–H and O–H groups in total. The standard InChI is InChI=1S/C49H43NS/c1-48(2,3)35-25-21-32(22-26-35)31-17-19-34(20-18-31)41-29-42-38-11-6-8-15-43(38)49(4,5)44(42)30-45(41)50-36-27-23-33(24-28-36)37-13-10-14-40-39-12-7-9-16-46(39)51-47(37)40/h6-23,25-30,33,50H,24H2,1-5H3. The smallest absolute Gasteiger partial charge is 0.0467 e. The van der Waals surface area contributed by atoms with Crippen LogP contribution >= 0.6 is 11.3 Å². The van der Waals surface area contributed by atoms with Gasteiger partial charge in [0.15, 0.2) is 0 Å². The normalized spacial score (nSPS) is 16.3. The minimum atomic E-state index is -0.0746. The van der Waals surface area contributed by atoms with E-state index in [1.807, 2.05) is 11.3 Å². The van der Waals surface area contributed by atoms with Gasteiger partial charge in [-0.3, -0.25) is 0 Å². The fraction of sp³-hybridized carbons (Fsp3) is 0.184. The van der Waals surface area contributed by atoms with Crippen LogP contribution in [-0.2, 0) is 10.8 Å². The monoisotopic (exact) mass is 677 g/mol. The molecule has 1 unspecified atom stereocenters. The van der Waals surface area contributed by atoms with Crippen molar-refractivity contribution in [2.45, 2.75) is 57.8 Å². The molecule has 0 radical (unpaired) electrons. The Morgan fingerprint density at radius 3 is 2.08 bits per heavy atom. The largest absolute Gasteiger partial charge is 0.355 e. The second-order valence-electron chi connectivity index (χ2n) is 15.8. The van der Waals surface area contributed by atoms with E-state index < -0.39 is 0 Å². The Hall–Kier alpha value is -5.18. The van der Waals surface area contributed by atoms with Crippen LogP contribution in [-0.4, -0.2) is 0 Å². The Labute approximate surface area is 306 Å². The van der Waals surface area contributed by atoms with Crippen molar-refractivity contribution in [3.63, 3.8) is 0 Å². The highest BCUT2D eigenvalue weighted by Crippen LogP contribution is 2.51. The number of nitrogens with one attached hydrogen (secondary N) is 1. The van der Waals surface area contributed by atoms with Gasteiger partial charge in [0.05, 0.1) is 0 Å². The van der Waals surface area contributed by atoms with Crippen LogP contribution in [0.3, 0.4) is 0 Å². The fourth-order valence-electron chi connectivity index (χ4n) is 8.26. The summed E-state index contributed by atoms with van der Waals surface area (Å²) in [5, 5.41) is 6.64. The van der Waals surface area contributed by atoms with Crippen LogP contribution in [0.4, 0.5) is 5.69 Å². The summed E-state index contributed by atoms with van der Waals surface area (Å²) < 4.78 is 2.77. The van der Waals surface area contributed by atoms with Crippen molar-refractivity contribution in [2.75, 3.05) is 5.32 Å². The second-order valence-corrected chi connectivity index (χ2v) is 16.9. The predicted octanol–water partition coefficient (Wildman–Crippen LogP) is 14.0. The van der Waals surface area contributed by atoms with Crippen molar-refractivity contribution in [1.82, 2.24) is 0 Å². The molecule has 0 bridgehead atoms. The van der Waals surface area contributed by atoms with Gasteiger partial charge in [0.1, 0.15) is 0 Å². The molecule has 0 saturated carbocycles. The first kappa shape index (κ1) is 31.8. The van der Waals surface area contributed by atoms with E-state index in [0.29, 0.717) is 5.92 Å². The van der Waals surface area contributed by atoms with Gasteiger partial charge in [-0.2, -0.15) is 0 Å². The summed E-state index contributed by atoms with van der Waals surface area (Å²) in [4.78, 5) is 0. The molecule has 51 heavy (non-hydrogen) atoms. The van der Waals surface area contributed by atoms with Gasteiger partial charge in [-0.25, -0.2) is 0 Å². The topological polar surface area (TPSA) is 12.0 Å². The molecule has 0 fully saturated rings. The van der Waals surface area contributed by atoms with E-state index in [2.05, 4.69) is 186 Å². The van der Waals surface area contributed by atoms with E-state index in [-0.39, 0.29) is 10.8 Å². The lowest BCUT2D eigenvalue weighted by Crippen LogP contribution is -2.15. The first-order valence-corrected chi connectivity index (χ1v) is 19.0. The van der Waals surface area contributed by atoms with Crippen molar-refractivity contribution in [3.8, 4) is 33.4 Å². The molecule has 0 amide bonds. The maximum atomic E-state index is 3.92. The maximum Gasteiger partial charge on any atom is 0.0467 e. The molecule has 1 aromatic heterocycles. The van der Waals surface area contributed by atoms with Crippen LogP contribution in [0.1, 0.15) is 69.2 Å². The highest BCUT2D eigenvalue weighted by molar-refractivity contribution is 7.26. The molecule has 0 spiro atoms. The Bertz CT molecular complexity index is 2520. The summed E-state index contributed by atoms with van der Waals surface area (Å²) in [6.45, 7) is 11.5. The average Bonchev–Trinajstić information content (AvgIpc) is 3.64. The van der Waals surface area contributed by atoms with Crippen molar-refractivity contribution in [2.24, 2.45) is 0 Å². The minimum absolute atomic E-state index is 0.0746. The van der Waals surface area contributed by atoms with Gasteiger partial charge in [0.2, 0.25) is 0 Å². The van der Waals surface area contributed by atoms with E-state index in [9.17, 15) is 0 Å². The van der Waals surface area contributed by atoms with Gasteiger partial charge in [-0.15, -0.1) is 11.3 Å². The lowest BCUT2D eigenvalue weighted by molar-refractivity contribution is 0.590. The van der Waals surface area contributed by atoms with Crippen LogP contribution in [0.5, 0.6) is 0 Å². The third kappa shape index (κ3) is 5.45. The molecular formula is C49H43NS. The predicted molar refractivity (Wildman–Crippen MR) is 221 cm³/mol. The first-order valence-electron chi connectivity index (χ1n) is 18.2. The highest BCUT2D eigenvalue weighted by atomic mass is 32.1. The molecule has 1 heterocycles. The number of hydrogen-bond acceptors (Lipinski definition) is 2. The zero-order valence-corrected chi connectivity index (χ0v) is 30.9. The summed E-state index contributed by atoms with van der Waals surface area (Å²) in [7, 11) is 0.